The van der Waals surface area contributed by atoms with Gasteiger partial charge in [-0.15, -0.1) is 11.3 Å². The highest BCUT2D eigenvalue weighted by Crippen LogP contribution is 2.48. The highest BCUT2D eigenvalue weighted by Gasteiger charge is 2.44. The van der Waals surface area contributed by atoms with Crippen LogP contribution in [0.2, 0.25) is 0 Å². The van der Waals surface area contributed by atoms with E-state index in [-0.39, 0.29) is 11.3 Å². The van der Waals surface area contributed by atoms with Gasteiger partial charge in [-0.05, 0) is 24.8 Å². The van der Waals surface area contributed by atoms with E-state index in [0.717, 1.165) is 42.1 Å². The molecule has 1 aromatic carbocycles. The number of hydrogen-bond acceptors (Lipinski definition) is 4. The highest BCUT2D eigenvalue weighted by atomic mass is 32.1. The number of fused-ring (bicyclic) bond motifs is 1. The zero-order valence-electron chi connectivity index (χ0n) is 13.1. The van der Waals surface area contributed by atoms with Gasteiger partial charge in [0.1, 0.15) is 5.01 Å². The summed E-state index contributed by atoms with van der Waals surface area (Å²) in [7, 11) is 0. The molecular formula is C18H21N3OS. The molecule has 120 valence electrons. The minimum absolute atomic E-state index is 0.111. The van der Waals surface area contributed by atoms with E-state index in [0.29, 0.717) is 19.5 Å². The van der Waals surface area contributed by atoms with Crippen LogP contribution in [0.25, 0.3) is 10.6 Å². The van der Waals surface area contributed by atoms with Crippen LogP contribution in [0.15, 0.2) is 30.3 Å². The molecular weight excluding hydrogens is 306 g/mol. The van der Waals surface area contributed by atoms with Gasteiger partial charge in [0.05, 0.1) is 12.2 Å². The van der Waals surface area contributed by atoms with Gasteiger partial charge in [-0.1, -0.05) is 30.3 Å². The van der Waals surface area contributed by atoms with E-state index in [2.05, 4.69) is 12.1 Å². The third-order valence-corrected chi connectivity index (χ3v) is 6.15. The van der Waals surface area contributed by atoms with Crippen molar-refractivity contribution in [2.45, 2.75) is 32.2 Å². The van der Waals surface area contributed by atoms with Crippen LogP contribution >= 0.6 is 11.3 Å². The Morgan fingerprint density at radius 3 is 2.78 bits per heavy atom. The molecule has 0 saturated heterocycles. The molecule has 2 N–H and O–H groups in total. The molecule has 1 fully saturated rings. The second-order valence-electron chi connectivity index (χ2n) is 6.70. The van der Waals surface area contributed by atoms with Crippen LogP contribution in [-0.4, -0.2) is 28.9 Å². The van der Waals surface area contributed by atoms with Crippen molar-refractivity contribution in [1.82, 2.24) is 9.88 Å². The number of nitrogens with two attached hydrogens (primary N) is 1. The van der Waals surface area contributed by atoms with Crippen molar-refractivity contribution < 1.29 is 4.79 Å². The first-order valence-electron chi connectivity index (χ1n) is 8.21. The first-order chi connectivity index (χ1) is 11.2. The predicted octanol–water partition coefficient (Wildman–Crippen LogP) is 2.82. The van der Waals surface area contributed by atoms with Crippen LogP contribution in [0.4, 0.5) is 0 Å². The molecule has 0 radical (unpaired) electrons. The number of thiazole rings is 1. The normalized spacial score (nSPS) is 18.6. The Morgan fingerprint density at radius 1 is 1.30 bits per heavy atom. The molecule has 4 nitrogen and oxygen atoms in total. The Hall–Kier alpha value is -1.72. The van der Waals surface area contributed by atoms with E-state index in [1.54, 1.807) is 11.3 Å². The largest absolute Gasteiger partial charge is 0.337 e. The topological polar surface area (TPSA) is 59.2 Å². The zero-order valence-corrected chi connectivity index (χ0v) is 13.9. The SMILES string of the molecule is NCC1(CC(=O)N2CCc3nc(-c4ccccc4)sc3C2)CC1. The summed E-state index contributed by atoms with van der Waals surface area (Å²) in [5.41, 5.74) is 8.25. The van der Waals surface area contributed by atoms with Crippen molar-refractivity contribution in [2.24, 2.45) is 11.1 Å². The highest BCUT2D eigenvalue weighted by molar-refractivity contribution is 7.15. The third kappa shape index (κ3) is 2.91. The lowest BCUT2D eigenvalue weighted by Gasteiger charge is -2.27. The average Bonchev–Trinajstić information content (AvgIpc) is 3.23. The van der Waals surface area contributed by atoms with Crippen LogP contribution in [-0.2, 0) is 17.8 Å². The Morgan fingerprint density at radius 2 is 2.09 bits per heavy atom. The Bertz CT molecular complexity index is 721. The lowest BCUT2D eigenvalue weighted by molar-refractivity contribution is -0.133. The lowest BCUT2D eigenvalue weighted by Crippen LogP contribution is -2.37. The molecule has 5 heteroatoms. The molecule has 1 saturated carbocycles. The van der Waals surface area contributed by atoms with E-state index in [9.17, 15) is 4.79 Å². The second-order valence-corrected chi connectivity index (χ2v) is 7.78. The van der Waals surface area contributed by atoms with Crippen LogP contribution < -0.4 is 5.73 Å². The van der Waals surface area contributed by atoms with Gasteiger partial charge in [0, 0.05) is 29.8 Å². The molecule has 1 aliphatic carbocycles. The zero-order chi connectivity index (χ0) is 15.9. The first-order valence-corrected chi connectivity index (χ1v) is 9.03. The summed E-state index contributed by atoms with van der Waals surface area (Å²) in [4.78, 5) is 20.6. The summed E-state index contributed by atoms with van der Waals surface area (Å²) < 4.78 is 0. The fourth-order valence-corrected chi connectivity index (χ4v) is 4.30. The number of benzene rings is 1. The Balaban J connectivity index is 1.49. The molecule has 0 bridgehead atoms. The Labute approximate surface area is 140 Å². The van der Waals surface area contributed by atoms with Gasteiger partial charge in [-0.2, -0.15) is 0 Å². The molecule has 1 amide bonds. The van der Waals surface area contributed by atoms with Gasteiger partial charge in [-0.25, -0.2) is 4.98 Å². The standard InChI is InChI=1S/C18H21N3OS/c19-12-18(7-8-18)10-16(22)21-9-6-14-15(11-21)23-17(20-14)13-4-2-1-3-5-13/h1-5H,6-12,19H2. The number of carbonyl (C=O) groups is 1. The molecule has 0 atom stereocenters. The van der Waals surface area contributed by atoms with E-state index in [1.807, 2.05) is 23.1 Å². The molecule has 2 aliphatic rings. The van der Waals surface area contributed by atoms with Crippen molar-refractivity contribution in [3.63, 3.8) is 0 Å². The number of aromatic nitrogens is 1. The van der Waals surface area contributed by atoms with Gasteiger partial charge in [-0.3, -0.25) is 4.79 Å². The van der Waals surface area contributed by atoms with Crippen molar-refractivity contribution in [2.75, 3.05) is 13.1 Å². The molecule has 2 aromatic rings. The minimum Gasteiger partial charge on any atom is -0.337 e. The average molecular weight is 327 g/mol. The molecule has 1 aromatic heterocycles. The van der Waals surface area contributed by atoms with Gasteiger partial charge in [0.15, 0.2) is 0 Å². The Kier molecular flexibility index (Phi) is 3.70. The minimum atomic E-state index is 0.111. The molecule has 0 spiro atoms. The van der Waals surface area contributed by atoms with Crippen LogP contribution in [0, 0.1) is 5.41 Å². The van der Waals surface area contributed by atoms with Gasteiger partial charge in [0.2, 0.25) is 5.91 Å². The maximum absolute atomic E-state index is 12.6. The van der Waals surface area contributed by atoms with Crippen LogP contribution in [0.1, 0.15) is 29.8 Å². The van der Waals surface area contributed by atoms with Gasteiger partial charge in [0.25, 0.3) is 0 Å². The number of hydrogen-bond donors (Lipinski definition) is 1. The van der Waals surface area contributed by atoms with E-state index < -0.39 is 0 Å². The molecule has 2 heterocycles. The van der Waals surface area contributed by atoms with Crippen LogP contribution in [0.5, 0.6) is 0 Å². The third-order valence-electron chi connectivity index (χ3n) is 5.02. The van der Waals surface area contributed by atoms with Crippen molar-refractivity contribution in [3.8, 4) is 10.6 Å². The number of carbonyl (C=O) groups excluding carboxylic acids is 1. The summed E-state index contributed by atoms with van der Waals surface area (Å²) >= 11 is 1.72. The van der Waals surface area contributed by atoms with E-state index in [4.69, 9.17) is 10.7 Å². The predicted molar refractivity (Wildman–Crippen MR) is 92.0 cm³/mol. The summed E-state index contributed by atoms with van der Waals surface area (Å²) in [5.74, 6) is 0.258. The number of nitrogens with zero attached hydrogens (tertiary/aromatic N) is 2. The van der Waals surface area contributed by atoms with Gasteiger partial charge < -0.3 is 10.6 Å². The maximum atomic E-state index is 12.6. The summed E-state index contributed by atoms with van der Waals surface area (Å²) in [5, 5.41) is 1.06. The number of amides is 1. The summed E-state index contributed by atoms with van der Waals surface area (Å²) in [6, 6.07) is 10.3. The quantitative estimate of drug-likeness (QED) is 0.939. The summed E-state index contributed by atoms with van der Waals surface area (Å²) in [6.07, 6.45) is 3.68. The van der Waals surface area contributed by atoms with E-state index >= 15 is 0 Å². The fourth-order valence-electron chi connectivity index (χ4n) is 3.17. The molecule has 0 unspecified atom stereocenters. The van der Waals surface area contributed by atoms with Gasteiger partial charge >= 0.3 is 0 Å². The maximum Gasteiger partial charge on any atom is 0.223 e. The van der Waals surface area contributed by atoms with Crippen LogP contribution in [0.3, 0.4) is 0 Å². The molecule has 4 rings (SSSR count). The second kappa shape index (κ2) is 5.73. The molecule has 1 aliphatic heterocycles. The van der Waals surface area contributed by atoms with E-state index in [1.165, 1.54) is 4.88 Å². The van der Waals surface area contributed by atoms with Crippen molar-refractivity contribution in [3.05, 3.63) is 40.9 Å². The molecule has 23 heavy (non-hydrogen) atoms. The first kappa shape index (κ1) is 14.8. The summed E-state index contributed by atoms with van der Waals surface area (Å²) in [6.45, 7) is 2.13. The lowest BCUT2D eigenvalue weighted by atomic mass is 10.0. The smallest absolute Gasteiger partial charge is 0.223 e. The fraction of sp³-hybridized carbons (Fsp3) is 0.444. The van der Waals surface area contributed by atoms with Crippen molar-refractivity contribution >= 4 is 17.2 Å². The number of rotatable bonds is 4. The monoisotopic (exact) mass is 327 g/mol. The van der Waals surface area contributed by atoms with Crippen molar-refractivity contribution in [1.29, 1.82) is 0 Å².